The van der Waals surface area contributed by atoms with E-state index in [-0.39, 0.29) is 5.91 Å². The Morgan fingerprint density at radius 1 is 1.56 bits per heavy atom. The highest BCUT2D eigenvalue weighted by molar-refractivity contribution is 5.82. The molecule has 2 atom stereocenters. The lowest BCUT2D eigenvalue weighted by Crippen LogP contribution is -2.45. The van der Waals surface area contributed by atoms with Crippen molar-refractivity contribution < 1.29 is 9.90 Å². The van der Waals surface area contributed by atoms with Crippen molar-refractivity contribution in [3.8, 4) is 0 Å². The minimum absolute atomic E-state index is 0.271. The number of nitrogens with zero attached hydrogens (tertiary/aromatic N) is 2. The average Bonchev–Trinajstić information content (AvgIpc) is 2.36. The second kappa shape index (κ2) is 5.58. The smallest absolute Gasteiger partial charge is 0.242 e. The number of amides is 1. The van der Waals surface area contributed by atoms with Crippen LogP contribution in [0.2, 0.25) is 0 Å². The SMILES string of the molecule is CCN(C)C(=O)C(N)C(O)c1ccncc1. The van der Waals surface area contributed by atoms with E-state index in [1.807, 2.05) is 6.92 Å². The molecule has 88 valence electrons. The Bertz CT molecular complexity index is 342. The molecule has 5 nitrogen and oxygen atoms in total. The van der Waals surface area contributed by atoms with Gasteiger partial charge in [0.15, 0.2) is 0 Å². The molecule has 0 fully saturated rings. The van der Waals surface area contributed by atoms with Crippen LogP contribution in [0.15, 0.2) is 24.5 Å². The van der Waals surface area contributed by atoms with E-state index in [1.165, 1.54) is 4.90 Å². The van der Waals surface area contributed by atoms with E-state index in [2.05, 4.69) is 4.98 Å². The van der Waals surface area contributed by atoms with E-state index >= 15 is 0 Å². The molecule has 5 heteroatoms. The topological polar surface area (TPSA) is 79.5 Å². The van der Waals surface area contributed by atoms with Crippen LogP contribution in [0.1, 0.15) is 18.6 Å². The normalized spacial score (nSPS) is 14.2. The molecule has 1 rings (SSSR count). The zero-order valence-electron chi connectivity index (χ0n) is 9.50. The third-order valence-electron chi connectivity index (χ3n) is 2.52. The molecule has 1 amide bonds. The van der Waals surface area contributed by atoms with Gasteiger partial charge in [0.25, 0.3) is 0 Å². The van der Waals surface area contributed by atoms with Crippen LogP contribution >= 0.6 is 0 Å². The fourth-order valence-corrected chi connectivity index (χ4v) is 1.31. The average molecular weight is 223 g/mol. The predicted molar refractivity (Wildman–Crippen MR) is 60.5 cm³/mol. The van der Waals surface area contributed by atoms with Crippen molar-refractivity contribution >= 4 is 5.91 Å². The summed E-state index contributed by atoms with van der Waals surface area (Å²) in [5, 5.41) is 9.90. The minimum atomic E-state index is -0.996. The monoisotopic (exact) mass is 223 g/mol. The number of aromatic nitrogens is 1. The summed E-state index contributed by atoms with van der Waals surface area (Å²) in [6.07, 6.45) is 2.11. The Hall–Kier alpha value is -1.46. The highest BCUT2D eigenvalue weighted by Gasteiger charge is 2.25. The Morgan fingerprint density at radius 2 is 2.12 bits per heavy atom. The molecule has 1 heterocycles. The first kappa shape index (κ1) is 12.6. The zero-order chi connectivity index (χ0) is 12.1. The fourth-order valence-electron chi connectivity index (χ4n) is 1.31. The summed E-state index contributed by atoms with van der Waals surface area (Å²) in [6, 6.07) is 2.35. The number of hydrogen-bond donors (Lipinski definition) is 2. The molecular weight excluding hydrogens is 206 g/mol. The number of aliphatic hydroxyl groups excluding tert-OH is 1. The maximum absolute atomic E-state index is 11.7. The molecule has 1 aromatic rings. The molecule has 0 aliphatic rings. The molecule has 0 bridgehead atoms. The van der Waals surface area contributed by atoms with Crippen LogP contribution in [-0.2, 0) is 4.79 Å². The van der Waals surface area contributed by atoms with Crippen LogP contribution < -0.4 is 5.73 Å². The maximum Gasteiger partial charge on any atom is 0.242 e. The van der Waals surface area contributed by atoms with Crippen LogP contribution in [0.3, 0.4) is 0 Å². The van der Waals surface area contributed by atoms with Gasteiger partial charge in [0.1, 0.15) is 12.1 Å². The molecule has 0 saturated heterocycles. The quantitative estimate of drug-likeness (QED) is 0.748. The van der Waals surface area contributed by atoms with Gasteiger partial charge in [0, 0.05) is 26.0 Å². The highest BCUT2D eigenvalue weighted by atomic mass is 16.3. The van der Waals surface area contributed by atoms with Crippen LogP contribution in [0.4, 0.5) is 0 Å². The summed E-state index contributed by atoms with van der Waals surface area (Å²) < 4.78 is 0. The first-order valence-corrected chi connectivity index (χ1v) is 5.16. The summed E-state index contributed by atoms with van der Waals surface area (Å²) >= 11 is 0. The highest BCUT2D eigenvalue weighted by Crippen LogP contribution is 2.15. The third kappa shape index (κ3) is 2.77. The maximum atomic E-state index is 11.7. The van der Waals surface area contributed by atoms with E-state index in [4.69, 9.17) is 5.73 Å². The van der Waals surface area contributed by atoms with Crippen molar-refractivity contribution in [2.24, 2.45) is 5.73 Å². The van der Waals surface area contributed by atoms with Crippen LogP contribution in [0.5, 0.6) is 0 Å². The van der Waals surface area contributed by atoms with Gasteiger partial charge in [-0.2, -0.15) is 0 Å². The summed E-state index contributed by atoms with van der Waals surface area (Å²) in [4.78, 5) is 17.0. The third-order valence-corrected chi connectivity index (χ3v) is 2.52. The van der Waals surface area contributed by atoms with E-state index in [1.54, 1.807) is 31.6 Å². The van der Waals surface area contributed by atoms with Gasteiger partial charge in [-0.25, -0.2) is 0 Å². The number of carbonyl (C=O) groups excluding carboxylic acids is 1. The molecule has 16 heavy (non-hydrogen) atoms. The molecule has 0 radical (unpaired) electrons. The summed E-state index contributed by atoms with van der Waals surface area (Å²) in [7, 11) is 1.65. The number of carbonyl (C=O) groups is 1. The summed E-state index contributed by atoms with van der Waals surface area (Å²) in [5.74, 6) is -0.271. The molecule has 0 saturated carbocycles. The van der Waals surface area contributed by atoms with Crippen molar-refractivity contribution in [2.45, 2.75) is 19.1 Å². The number of aliphatic hydroxyl groups is 1. The van der Waals surface area contributed by atoms with Crippen molar-refractivity contribution in [3.63, 3.8) is 0 Å². The first-order valence-electron chi connectivity index (χ1n) is 5.16. The zero-order valence-corrected chi connectivity index (χ0v) is 9.50. The molecule has 0 aliphatic heterocycles. The second-order valence-electron chi connectivity index (χ2n) is 3.60. The molecule has 0 aromatic carbocycles. The minimum Gasteiger partial charge on any atom is -0.386 e. The van der Waals surface area contributed by atoms with Crippen molar-refractivity contribution in [1.29, 1.82) is 0 Å². The number of likely N-dealkylation sites (N-methyl/N-ethyl adjacent to an activating group) is 1. The number of nitrogens with two attached hydrogens (primary N) is 1. The summed E-state index contributed by atoms with van der Waals surface area (Å²) in [5.41, 5.74) is 6.31. The van der Waals surface area contributed by atoms with Gasteiger partial charge in [-0.3, -0.25) is 9.78 Å². The second-order valence-corrected chi connectivity index (χ2v) is 3.60. The Morgan fingerprint density at radius 3 is 2.62 bits per heavy atom. The number of rotatable bonds is 4. The van der Waals surface area contributed by atoms with Crippen LogP contribution in [0, 0.1) is 0 Å². The van der Waals surface area contributed by atoms with Gasteiger partial charge < -0.3 is 15.7 Å². The largest absolute Gasteiger partial charge is 0.386 e. The van der Waals surface area contributed by atoms with Gasteiger partial charge in [0.05, 0.1) is 0 Å². The predicted octanol–water partition coefficient (Wildman–Crippen LogP) is -0.0794. The Balaban J connectivity index is 2.75. The van der Waals surface area contributed by atoms with Gasteiger partial charge in [-0.15, -0.1) is 0 Å². The van der Waals surface area contributed by atoms with E-state index in [0.29, 0.717) is 12.1 Å². The standard InChI is InChI=1S/C11H17N3O2/c1-3-14(2)11(16)9(12)10(15)8-4-6-13-7-5-8/h4-7,9-10,15H,3,12H2,1-2H3. The Labute approximate surface area is 94.9 Å². The van der Waals surface area contributed by atoms with Crippen molar-refractivity contribution in [3.05, 3.63) is 30.1 Å². The lowest BCUT2D eigenvalue weighted by Gasteiger charge is -2.23. The van der Waals surface area contributed by atoms with Crippen molar-refractivity contribution in [1.82, 2.24) is 9.88 Å². The summed E-state index contributed by atoms with van der Waals surface area (Å²) in [6.45, 7) is 2.42. The van der Waals surface area contributed by atoms with Gasteiger partial charge in [0.2, 0.25) is 5.91 Å². The molecule has 3 N–H and O–H groups in total. The number of hydrogen-bond acceptors (Lipinski definition) is 4. The first-order chi connectivity index (χ1) is 7.57. The lowest BCUT2D eigenvalue weighted by atomic mass is 10.0. The molecule has 1 aromatic heterocycles. The van der Waals surface area contributed by atoms with Gasteiger partial charge >= 0.3 is 0 Å². The van der Waals surface area contributed by atoms with E-state index in [9.17, 15) is 9.90 Å². The fraction of sp³-hybridized carbons (Fsp3) is 0.455. The lowest BCUT2D eigenvalue weighted by molar-refractivity contribution is -0.133. The van der Waals surface area contributed by atoms with Crippen LogP contribution in [0.25, 0.3) is 0 Å². The van der Waals surface area contributed by atoms with E-state index in [0.717, 1.165) is 0 Å². The van der Waals surface area contributed by atoms with Crippen molar-refractivity contribution in [2.75, 3.05) is 13.6 Å². The van der Waals surface area contributed by atoms with Crippen LogP contribution in [-0.4, -0.2) is 40.5 Å². The number of pyridine rings is 1. The Kier molecular flexibility index (Phi) is 4.39. The van der Waals surface area contributed by atoms with Gasteiger partial charge in [-0.1, -0.05) is 0 Å². The molecular formula is C11H17N3O2. The molecule has 2 unspecified atom stereocenters. The molecule has 0 spiro atoms. The van der Waals surface area contributed by atoms with Gasteiger partial charge in [-0.05, 0) is 24.6 Å². The molecule has 0 aliphatic carbocycles. The van der Waals surface area contributed by atoms with E-state index < -0.39 is 12.1 Å².